The van der Waals surface area contributed by atoms with Crippen LogP contribution in [0.4, 0.5) is 0 Å². The molecule has 0 radical (unpaired) electrons. The second-order valence-corrected chi connectivity index (χ2v) is 7.21. The van der Waals surface area contributed by atoms with Crippen LogP contribution in [-0.4, -0.2) is 18.2 Å². The van der Waals surface area contributed by atoms with Crippen molar-refractivity contribution in [3.05, 3.63) is 65.7 Å². The first-order valence-corrected chi connectivity index (χ1v) is 8.26. The van der Waals surface area contributed by atoms with Crippen molar-refractivity contribution in [2.75, 3.05) is 7.11 Å². The zero-order chi connectivity index (χ0) is 18.2. The molecular formula is C22H22O3. The van der Waals surface area contributed by atoms with E-state index in [2.05, 4.69) is 45.0 Å². The third kappa shape index (κ3) is 3.22. The zero-order valence-corrected chi connectivity index (χ0v) is 15.0. The van der Waals surface area contributed by atoms with Gasteiger partial charge >= 0.3 is 5.97 Å². The van der Waals surface area contributed by atoms with Crippen molar-refractivity contribution in [3.63, 3.8) is 0 Å². The highest BCUT2D eigenvalue weighted by atomic mass is 16.5. The van der Waals surface area contributed by atoms with Crippen LogP contribution in [0.25, 0.3) is 21.9 Å². The molecule has 0 aliphatic carbocycles. The average Bonchev–Trinajstić information content (AvgIpc) is 2.59. The Morgan fingerprint density at radius 3 is 2.24 bits per heavy atom. The summed E-state index contributed by atoms with van der Waals surface area (Å²) in [5, 5.41) is 11.3. The van der Waals surface area contributed by atoms with Crippen LogP contribution in [0.1, 0.15) is 36.7 Å². The summed E-state index contributed by atoms with van der Waals surface area (Å²) in [6.07, 6.45) is 0. The van der Waals surface area contributed by atoms with Crippen LogP contribution in [0.2, 0.25) is 0 Å². The number of methoxy groups -OCH3 is 1. The third-order valence-electron chi connectivity index (χ3n) is 4.45. The molecule has 0 aliphatic heterocycles. The minimum atomic E-state index is -0.913. The van der Waals surface area contributed by atoms with Crippen molar-refractivity contribution >= 4 is 16.7 Å². The van der Waals surface area contributed by atoms with Gasteiger partial charge in [0.1, 0.15) is 5.75 Å². The van der Waals surface area contributed by atoms with Gasteiger partial charge in [0.2, 0.25) is 0 Å². The summed E-state index contributed by atoms with van der Waals surface area (Å²) in [7, 11) is 1.70. The predicted molar refractivity (Wildman–Crippen MR) is 102 cm³/mol. The van der Waals surface area contributed by atoms with Gasteiger partial charge in [0.25, 0.3) is 0 Å². The maximum absolute atomic E-state index is 11.1. The first-order chi connectivity index (χ1) is 11.8. The molecule has 0 atom stereocenters. The minimum absolute atomic E-state index is 0.0419. The SMILES string of the molecule is COc1cc2cccc(-c3ccc(C(=O)O)cc3)c2cc1C(C)(C)C. The summed E-state index contributed by atoms with van der Waals surface area (Å²) in [6.45, 7) is 6.50. The molecule has 0 heterocycles. The van der Waals surface area contributed by atoms with Gasteiger partial charge in [-0.1, -0.05) is 51.1 Å². The summed E-state index contributed by atoms with van der Waals surface area (Å²) in [5.41, 5.74) is 3.49. The van der Waals surface area contributed by atoms with E-state index in [1.807, 2.05) is 18.2 Å². The number of rotatable bonds is 3. The Labute approximate surface area is 147 Å². The van der Waals surface area contributed by atoms with Gasteiger partial charge in [-0.2, -0.15) is 0 Å². The largest absolute Gasteiger partial charge is 0.496 e. The van der Waals surface area contributed by atoms with E-state index in [1.54, 1.807) is 19.2 Å². The van der Waals surface area contributed by atoms with Gasteiger partial charge in [-0.25, -0.2) is 4.79 Å². The quantitative estimate of drug-likeness (QED) is 0.687. The Hall–Kier alpha value is -2.81. The standard InChI is InChI=1S/C22H22O3/c1-22(2,3)19-13-18-16(12-20(19)25-4)6-5-7-17(18)14-8-10-15(11-9-14)21(23)24/h5-13H,1-4H3,(H,23,24). The first kappa shape index (κ1) is 17.0. The molecule has 0 fully saturated rings. The molecule has 0 unspecified atom stereocenters. The van der Waals surface area contributed by atoms with Crippen LogP contribution in [-0.2, 0) is 5.41 Å². The van der Waals surface area contributed by atoms with Gasteiger partial charge in [-0.05, 0) is 51.6 Å². The van der Waals surface area contributed by atoms with Crippen molar-refractivity contribution in [1.82, 2.24) is 0 Å². The van der Waals surface area contributed by atoms with Crippen LogP contribution in [0.5, 0.6) is 5.75 Å². The van der Waals surface area contributed by atoms with Crippen LogP contribution in [0.15, 0.2) is 54.6 Å². The van der Waals surface area contributed by atoms with Crippen molar-refractivity contribution in [2.24, 2.45) is 0 Å². The predicted octanol–water partition coefficient (Wildman–Crippen LogP) is 5.51. The lowest BCUT2D eigenvalue weighted by Crippen LogP contribution is -2.12. The van der Waals surface area contributed by atoms with Crippen molar-refractivity contribution in [1.29, 1.82) is 0 Å². The molecule has 0 bridgehead atoms. The molecule has 3 aromatic carbocycles. The lowest BCUT2D eigenvalue weighted by atomic mass is 9.84. The molecule has 0 saturated carbocycles. The van der Waals surface area contributed by atoms with Crippen LogP contribution < -0.4 is 4.74 Å². The maximum Gasteiger partial charge on any atom is 0.335 e. The van der Waals surface area contributed by atoms with E-state index in [0.29, 0.717) is 5.56 Å². The topological polar surface area (TPSA) is 46.5 Å². The monoisotopic (exact) mass is 334 g/mol. The Kier molecular flexibility index (Phi) is 4.25. The molecule has 25 heavy (non-hydrogen) atoms. The fourth-order valence-corrected chi connectivity index (χ4v) is 3.10. The van der Waals surface area contributed by atoms with E-state index in [1.165, 1.54) is 0 Å². The highest BCUT2D eigenvalue weighted by Crippen LogP contribution is 2.38. The number of aromatic carboxylic acids is 1. The number of carbonyl (C=O) groups is 1. The van der Waals surface area contributed by atoms with E-state index >= 15 is 0 Å². The molecule has 3 aromatic rings. The van der Waals surface area contributed by atoms with Gasteiger partial charge < -0.3 is 9.84 Å². The van der Waals surface area contributed by atoms with Crippen LogP contribution >= 0.6 is 0 Å². The summed E-state index contributed by atoms with van der Waals surface area (Å²) < 4.78 is 5.60. The summed E-state index contributed by atoms with van der Waals surface area (Å²) in [6, 6.07) is 17.4. The van der Waals surface area contributed by atoms with E-state index in [4.69, 9.17) is 9.84 Å². The molecule has 3 rings (SSSR count). The normalized spacial score (nSPS) is 11.5. The van der Waals surface area contributed by atoms with Crippen molar-refractivity contribution in [3.8, 4) is 16.9 Å². The Morgan fingerprint density at radius 2 is 1.68 bits per heavy atom. The molecule has 0 saturated heterocycles. The fraction of sp³-hybridized carbons (Fsp3) is 0.227. The molecule has 0 aromatic heterocycles. The Morgan fingerprint density at radius 1 is 1.00 bits per heavy atom. The van der Waals surface area contributed by atoms with Crippen LogP contribution in [0.3, 0.4) is 0 Å². The molecule has 0 amide bonds. The number of hydrogen-bond acceptors (Lipinski definition) is 2. The smallest absolute Gasteiger partial charge is 0.335 e. The van der Waals surface area contributed by atoms with Crippen molar-refractivity contribution in [2.45, 2.75) is 26.2 Å². The maximum atomic E-state index is 11.1. The van der Waals surface area contributed by atoms with Gasteiger partial charge in [0, 0.05) is 5.56 Å². The molecule has 128 valence electrons. The van der Waals surface area contributed by atoms with Crippen molar-refractivity contribution < 1.29 is 14.6 Å². The number of fused-ring (bicyclic) bond motifs is 1. The molecule has 0 spiro atoms. The van der Waals surface area contributed by atoms with E-state index in [9.17, 15) is 4.79 Å². The minimum Gasteiger partial charge on any atom is -0.496 e. The van der Waals surface area contributed by atoms with E-state index in [0.717, 1.165) is 33.2 Å². The molecule has 0 aliphatic rings. The highest BCUT2D eigenvalue weighted by molar-refractivity contribution is 5.98. The number of benzene rings is 3. The number of carboxylic acid groups (broad SMARTS) is 1. The van der Waals surface area contributed by atoms with Crippen LogP contribution in [0, 0.1) is 0 Å². The number of ether oxygens (including phenoxy) is 1. The lowest BCUT2D eigenvalue weighted by molar-refractivity contribution is 0.0697. The van der Waals surface area contributed by atoms with Gasteiger partial charge in [0.15, 0.2) is 0 Å². The third-order valence-corrected chi connectivity index (χ3v) is 4.45. The van der Waals surface area contributed by atoms with E-state index in [-0.39, 0.29) is 5.41 Å². The average molecular weight is 334 g/mol. The number of carboxylic acids is 1. The fourth-order valence-electron chi connectivity index (χ4n) is 3.10. The first-order valence-electron chi connectivity index (χ1n) is 8.26. The Balaban J connectivity index is 2.23. The second kappa shape index (κ2) is 6.25. The lowest BCUT2D eigenvalue weighted by Gasteiger charge is -2.23. The van der Waals surface area contributed by atoms with Gasteiger partial charge in [-0.3, -0.25) is 0 Å². The zero-order valence-electron chi connectivity index (χ0n) is 15.0. The molecule has 3 heteroatoms. The Bertz CT molecular complexity index is 932. The van der Waals surface area contributed by atoms with Gasteiger partial charge in [0.05, 0.1) is 12.7 Å². The van der Waals surface area contributed by atoms with E-state index < -0.39 is 5.97 Å². The summed E-state index contributed by atoms with van der Waals surface area (Å²) >= 11 is 0. The highest BCUT2D eigenvalue weighted by Gasteiger charge is 2.20. The number of hydrogen-bond donors (Lipinski definition) is 1. The molecular weight excluding hydrogens is 312 g/mol. The van der Waals surface area contributed by atoms with Gasteiger partial charge in [-0.15, -0.1) is 0 Å². The summed E-state index contributed by atoms with van der Waals surface area (Å²) in [4.78, 5) is 11.1. The summed E-state index contributed by atoms with van der Waals surface area (Å²) in [5.74, 6) is -0.0254. The molecule has 1 N–H and O–H groups in total. The second-order valence-electron chi connectivity index (χ2n) is 7.21. The molecule has 3 nitrogen and oxygen atoms in total.